The number of furan rings is 1. The molecule has 1 aliphatic rings. The molecule has 166 valence electrons. The van der Waals surface area contributed by atoms with Crippen molar-refractivity contribution < 1.29 is 13.9 Å². The lowest BCUT2D eigenvalue weighted by Crippen LogP contribution is -2.38. The molecule has 2 heterocycles. The van der Waals surface area contributed by atoms with Crippen LogP contribution in [0.5, 0.6) is 0 Å². The highest BCUT2D eigenvalue weighted by Gasteiger charge is 2.20. The van der Waals surface area contributed by atoms with Crippen molar-refractivity contribution >= 4 is 69.4 Å². The summed E-state index contributed by atoms with van der Waals surface area (Å²) in [6, 6.07) is 13.7. The zero-order valence-corrected chi connectivity index (χ0v) is 19.7. The van der Waals surface area contributed by atoms with Gasteiger partial charge in [0.05, 0.1) is 34.6 Å². The summed E-state index contributed by atoms with van der Waals surface area (Å²) in [6.07, 6.45) is 0. The average Bonchev–Trinajstić information content (AvgIpc) is 3.26. The highest BCUT2D eigenvalue weighted by atomic mass is 35.5. The van der Waals surface area contributed by atoms with Gasteiger partial charge in [-0.15, -0.1) is 0 Å². The maximum Gasteiger partial charge on any atom is 0.293 e. The van der Waals surface area contributed by atoms with Crippen molar-refractivity contribution in [3.63, 3.8) is 0 Å². The molecule has 4 rings (SSSR count). The van der Waals surface area contributed by atoms with Gasteiger partial charge in [-0.25, -0.2) is 0 Å². The highest BCUT2D eigenvalue weighted by molar-refractivity contribution is 7.80. The smallest absolute Gasteiger partial charge is 0.293 e. The summed E-state index contributed by atoms with van der Waals surface area (Å²) in [7, 11) is 0. The van der Waals surface area contributed by atoms with Gasteiger partial charge < -0.3 is 19.4 Å². The summed E-state index contributed by atoms with van der Waals surface area (Å²) >= 11 is 24.0. The number of carbonyl (C=O) groups is 1. The minimum atomic E-state index is -0.498. The molecule has 0 radical (unpaired) electrons. The number of halogens is 3. The van der Waals surface area contributed by atoms with Gasteiger partial charge in [0.2, 0.25) is 0 Å². The van der Waals surface area contributed by atoms with E-state index in [1.807, 2.05) is 18.2 Å². The Balaban J connectivity index is 1.46. The SMILES string of the molecule is O=C(NC(=S)Nc1cccc(Cl)c1N1CCOCC1)c1ccc(-c2cc(Cl)ccc2Cl)o1. The van der Waals surface area contributed by atoms with Crippen LogP contribution in [0.3, 0.4) is 0 Å². The zero-order valence-electron chi connectivity index (χ0n) is 16.7. The lowest BCUT2D eigenvalue weighted by atomic mass is 10.2. The molecule has 10 heteroatoms. The summed E-state index contributed by atoms with van der Waals surface area (Å²) in [5.74, 6) is 0.00696. The van der Waals surface area contributed by atoms with E-state index < -0.39 is 5.91 Å². The Morgan fingerprint density at radius 3 is 2.56 bits per heavy atom. The Bertz CT molecular complexity index is 1160. The van der Waals surface area contributed by atoms with Crippen molar-refractivity contribution in [2.45, 2.75) is 0 Å². The first kappa shape index (κ1) is 22.9. The summed E-state index contributed by atoms with van der Waals surface area (Å²) < 4.78 is 11.1. The molecule has 0 saturated carbocycles. The minimum Gasteiger partial charge on any atom is -0.451 e. The third-order valence-electron chi connectivity index (χ3n) is 4.81. The number of hydrogen-bond acceptors (Lipinski definition) is 5. The van der Waals surface area contributed by atoms with Crippen LogP contribution >= 0.6 is 47.0 Å². The van der Waals surface area contributed by atoms with Gasteiger partial charge in [-0.2, -0.15) is 0 Å². The van der Waals surface area contributed by atoms with E-state index in [0.717, 1.165) is 5.69 Å². The number of ether oxygens (including phenoxy) is 1. The Hall–Kier alpha value is -2.29. The molecule has 0 aliphatic carbocycles. The van der Waals surface area contributed by atoms with E-state index in [1.54, 1.807) is 30.3 Å². The third kappa shape index (κ3) is 5.19. The molecule has 1 aromatic heterocycles. The third-order valence-corrected chi connectivity index (χ3v) is 5.89. The molecule has 6 nitrogen and oxygen atoms in total. The lowest BCUT2D eigenvalue weighted by Gasteiger charge is -2.31. The van der Waals surface area contributed by atoms with Crippen LogP contribution in [0.1, 0.15) is 10.6 Å². The molecule has 32 heavy (non-hydrogen) atoms. The number of nitrogens with zero attached hydrogens (tertiary/aromatic N) is 1. The van der Waals surface area contributed by atoms with E-state index in [2.05, 4.69) is 15.5 Å². The van der Waals surface area contributed by atoms with Crippen molar-refractivity contribution in [3.05, 3.63) is 69.4 Å². The number of para-hydroxylation sites is 1. The van der Waals surface area contributed by atoms with E-state index in [9.17, 15) is 4.79 Å². The first-order chi connectivity index (χ1) is 15.4. The van der Waals surface area contributed by atoms with E-state index in [1.165, 1.54) is 0 Å². The fourth-order valence-corrected chi connectivity index (χ4v) is 4.21. The summed E-state index contributed by atoms with van der Waals surface area (Å²) in [5.41, 5.74) is 2.09. The zero-order chi connectivity index (χ0) is 22.7. The molecule has 0 unspecified atom stereocenters. The number of amides is 1. The maximum atomic E-state index is 12.7. The number of morpholine rings is 1. The van der Waals surface area contributed by atoms with Crippen LogP contribution in [0.25, 0.3) is 11.3 Å². The molecular weight excluding hydrogens is 493 g/mol. The van der Waals surface area contributed by atoms with Crippen LogP contribution in [0.15, 0.2) is 52.9 Å². The molecule has 1 aliphatic heterocycles. The number of benzene rings is 2. The molecule has 1 saturated heterocycles. The molecular formula is C22H18Cl3N3O3S. The van der Waals surface area contributed by atoms with Crippen molar-refractivity contribution in [2.24, 2.45) is 0 Å². The van der Waals surface area contributed by atoms with Gasteiger partial charge in [0.25, 0.3) is 5.91 Å². The Morgan fingerprint density at radius 2 is 1.78 bits per heavy atom. The van der Waals surface area contributed by atoms with Crippen molar-refractivity contribution in [1.82, 2.24) is 5.32 Å². The molecule has 1 amide bonds. The first-order valence-corrected chi connectivity index (χ1v) is 11.3. The Labute approximate surface area is 205 Å². The second kappa shape index (κ2) is 10.1. The topological polar surface area (TPSA) is 66.7 Å². The van der Waals surface area contributed by atoms with E-state index in [0.29, 0.717) is 58.4 Å². The lowest BCUT2D eigenvalue weighted by molar-refractivity contribution is 0.0951. The number of rotatable bonds is 4. The second-order valence-electron chi connectivity index (χ2n) is 6.93. The van der Waals surface area contributed by atoms with Crippen molar-refractivity contribution in [1.29, 1.82) is 0 Å². The molecule has 0 spiro atoms. The Kier molecular flexibility index (Phi) is 7.23. The van der Waals surface area contributed by atoms with Gasteiger partial charge in [-0.05, 0) is 54.7 Å². The second-order valence-corrected chi connectivity index (χ2v) is 8.59. The van der Waals surface area contributed by atoms with Gasteiger partial charge in [0.1, 0.15) is 5.76 Å². The number of anilines is 2. The molecule has 1 fully saturated rings. The summed E-state index contributed by atoms with van der Waals surface area (Å²) in [5, 5.41) is 7.36. The fourth-order valence-electron chi connectivity index (χ4n) is 3.33. The Morgan fingerprint density at radius 1 is 1.00 bits per heavy atom. The number of nitrogens with one attached hydrogen (secondary N) is 2. The largest absolute Gasteiger partial charge is 0.451 e. The maximum absolute atomic E-state index is 12.7. The standard InChI is InChI=1S/C22H18Cl3N3O3S/c23-13-4-5-15(24)14(12-13)18-6-7-19(31-18)21(29)27-22(32)26-17-3-1-2-16(25)20(17)28-8-10-30-11-9-28/h1-7,12H,8-11H2,(H2,26,27,29,32). The van der Waals surface area contributed by atoms with E-state index >= 15 is 0 Å². The van der Waals surface area contributed by atoms with Crippen LogP contribution in [-0.4, -0.2) is 37.3 Å². The molecule has 2 N–H and O–H groups in total. The predicted molar refractivity (Wildman–Crippen MR) is 132 cm³/mol. The van der Waals surface area contributed by atoms with Gasteiger partial charge in [-0.3, -0.25) is 10.1 Å². The first-order valence-electron chi connectivity index (χ1n) is 9.71. The van der Waals surface area contributed by atoms with Gasteiger partial charge in [-0.1, -0.05) is 40.9 Å². The molecule has 2 aromatic carbocycles. The van der Waals surface area contributed by atoms with Crippen LogP contribution in [0.2, 0.25) is 15.1 Å². The molecule has 3 aromatic rings. The van der Waals surface area contributed by atoms with Crippen molar-refractivity contribution in [2.75, 3.05) is 36.5 Å². The number of carbonyl (C=O) groups excluding carboxylic acids is 1. The van der Waals surface area contributed by atoms with Gasteiger partial charge in [0, 0.05) is 23.7 Å². The van der Waals surface area contributed by atoms with E-state index in [4.69, 9.17) is 56.2 Å². The average molecular weight is 511 g/mol. The van der Waals surface area contributed by atoms with Gasteiger partial charge in [0.15, 0.2) is 10.9 Å². The van der Waals surface area contributed by atoms with Crippen LogP contribution < -0.4 is 15.5 Å². The van der Waals surface area contributed by atoms with Crippen LogP contribution in [0.4, 0.5) is 11.4 Å². The monoisotopic (exact) mass is 509 g/mol. The highest BCUT2D eigenvalue weighted by Crippen LogP contribution is 2.35. The van der Waals surface area contributed by atoms with Crippen LogP contribution in [0, 0.1) is 0 Å². The summed E-state index contributed by atoms with van der Waals surface area (Å²) in [6.45, 7) is 2.64. The fraction of sp³-hybridized carbons (Fsp3) is 0.182. The number of thiocarbonyl (C=S) groups is 1. The quantitative estimate of drug-likeness (QED) is 0.428. The normalized spacial score (nSPS) is 13.7. The van der Waals surface area contributed by atoms with Gasteiger partial charge >= 0.3 is 0 Å². The van der Waals surface area contributed by atoms with Crippen molar-refractivity contribution in [3.8, 4) is 11.3 Å². The minimum absolute atomic E-state index is 0.0830. The number of hydrogen-bond donors (Lipinski definition) is 2. The predicted octanol–water partition coefficient (Wildman–Crippen LogP) is 5.87. The molecule has 0 bridgehead atoms. The molecule has 0 atom stereocenters. The van der Waals surface area contributed by atoms with Crippen LogP contribution in [-0.2, 0) is 4.74 Å². The van der Waals surface area contributed by atoms with E-state index in [-0.39, 0.29) is 10.9 Å². The summed E-state index contributed by atoms with van der Waals surface area (Å²) in [4.78, 5) is 14.8.